The van der Waals surface area contributed by atoms with Gasteiger partial charge in [0.15, 0.2) is 0 Å². The lowest BCUT2D eigenvalue weighted by molar-refractivity contribution is -0.119. The number of hydrogen-bond donors (Lipinski definition) is 2. The average Bonchev–Trinajstić information content (AvgIpc) is 2.70. The van der Waals surface area contributed by atoms with Gasteiger partial charge in [0.25, 0.3) is 0 Å². The van der Waals surface area contributed by atoms with Crippen LogP contribution in [0.2, 0.25) is 5.15 Å². The lowest BCUT2D eigenvalue weighted by atomic mass is 10.1. The monoisotopic (exact) mass is 253 g/mol. The van der Waals surface area contributed by atoms with Crippen molar-refractivity contribution in [3.8, 4) is 0 Å². The fourth-order valence-corrected chi connectivity index (χ4v) is 2.23. The number of aryl methyl sites for hydroxylation is 1. The molecule has 17 heavy (non-hydrogen) atoms. The van der Waals surface area contributed by atoms with Crippen LogP contribution in [0.5, 0.6) is 0 Å². The second kappa shape index (κ2) is 5.02. The molecule has 0 bridgehead atoms. The number of aromatic nitrogens is 1. The predicted molar refractivity (Wildman–Crippen MR) is 67.9 cm³/mol. The fraction of sp³-hybridized carbons (Fsp3) is 0.500. The highest BCUT2D eigenvalue weighted by atomic mass is 35.5. The summed E-state index contributed by atoms with van der Waals surface area (Å²) < 4.78 is 0. The quantitative estimate of drug-likeness (QED) is 0.794. The van der Waals surface area contributed by atoms with Crippen molar-refractivity contribution in [2.45, 2.75) is 32.2 Å². The van der Waals surface area contributed by atoms with E-state index < -0.39 is 0 Å². The first-order valence-corrected chi connectivity index (χ1v) is 6.12. The number of halogens is 1. The number of nitrogens with zero attached hydrogens (tertiary/aromatic N) is 1. The van der Waals surface area contributed by atoms with Gasteiger partial charge in [-0.2, -0.15) is 0 Å². The molecule has 92 valence electrons. The number of pyridine rings is 1. The van der Waals surface area contributed by atoms with Crippen LogP contribution in [-0.4, -0.2) is 16.9 Å². The van der Waals surface area contributed by atoms with Gasteiger partial charge in [0.1, 0.15) is 5.15 Å². The van der Waals surface area contributed by atoms with Crippen molar-refractivity contribution in [1.82, 2.24) is 4.98 Å². The molecule has 2 atom stereocenters. The van der Waals surface area contributed by atoms with Crippen molar-refractivity contribution >= 4 is 23.2 Å². The third-order valence-electron chi connectivity index (χ3n) is 3.13. The Hall–Kier alpha value is -1.13. The van der Waals surface area contributed by atoms with Gasteiger partial charge in [-0.1, -0.05) is 11.6 Å². The van der Waals surface area contributed by atoms with Crippen LogP contribution in [0.4, 0.5) is 5.69 Å². The Morgan fingerprint density at radius 2 is 2.35 bits per heavy atom. The molecule has 1 fully saturated rings. The van der Waals surface area contributed by atoms with E-state index in [1.54, 1.807) is 6.20 Å². The van der Waals surface area contributed by atoms with Crippen molar-refractivity contribution in [3.05, 3.63) is 23.0 Å². The van der Waals surface area contributed by atoms with Gasteiger partial charge in [0.2, 0.25) is 5.91 Å². The first-order valence-electron chi connectivity index (χ1n) is 5.75. The molecule has 1 amide bonds. The van der Waals surface area contributed by atoms with Crippen molar-refractivity contribution < 1.29 is 4.79 Å². The predicted octanol–water partition coefficient (Wildman–Crippen LogP) is 2.11. The van der Waals surface area contributed by atoms with Crippen LogP contribution in [0.1, 0.15) is 24.8 Å². The number of carbonyl (C=O) groups is 1. The summed E-state index contributed by atoms with van der Waals surface area (Å²) in [5.74, 6) is 0.0578. The summed E-state index contributed by atoms with van der Waals surface area (Å²) in [4.78, 5) is 15.9. The summed E-state index contributed by atoms with van der Waals surface area (Å²) in [6, 6.07) is 1.98. The smallest absolute Gasteiger partial charge is 0.227 e. The third-order valence-corrected chi connectivity index (χ3v) is 3.52. The molecule has 0 aliphatic heterocycles. The lowest BCUT2D eigenvalue weighted by Gasteiger charge is -2.11. The summed E-state index contributed by atoms with van der Waals surface area (Å²) in [5.41, 5.74) is 7.34. The molecule has 1 aliphatic rings. The molecule has 0 spiro atoms. The molecule has 1 aromatic rings. The molecule has 1 aromatic heterocycles. The van der Waals surface area contributed by atoms with Crippen LogP contribution in [0, 0.1) is 12.8 Å². The van der Waals surface area contributed by atoms with Gasteiger partial charge in [0, 0.05) is 12.0 Å². The molecule has 2 unspecified atom stereocenters. The van der Waals surface area contributed by atoms with Crippen molar-refractivity contribution in [2.24, 2.45) is 11.7 Å². The number of nitrogens with two attached hydrogens (primary N) is 1. The van der Waals surface area contributed by atoms with E-state index in [1.165, 1.54) is 0 Å². The molecule has 2 rings (SSSR count). The molecule has 3 N–H and O–H groups in total. The zero-order chi connectivity index (χ0) is 12.4. The maximum Gasteiger partial charge on any atom is 0.227 e. The maximum atomic E-state index is 11.9. The van der Waals surface area contributed by atoms with Gasteiger partial charge in [-0.25, -0.2) is 4.98 Å². The van der Waals surface area contributed by atoms with Crippen molar-refractivity contribution in [2.75, 3.05) is 5.32 Å². The summed E-state index contributed by atoms with van der Waals surface area (Å²) in [7, 11) is 0. The molecule has 1 saturated carbocycles. The van der Waals surface area contributed by atoms with Crippen LogP contribution >= 0.6 is 11.6 Å². The standard InChI is InChI=1S/C12H16ClN3O/c1-7-4-10(6-15-11(7)13)16-12(17)8-2-3-9(14)5-8/h4,6,8-9H,2-3,5,14H2,1H3,(H,16,17). The topological polar surface area (TPSA) is 68.0 Å². The highest BCUT2D eigenvalue weighted by molar-refractivity contribution is 6.30. The summed E-state index contributed by atoms with van der Waals surface area (Å²) in [5, 5.41) is 3.32. The van der Waals surface area contributed by atoms with Gasteiger partial charge in [-0.15, -0.1) is 0 Å². The lowest BCUT2D eigenvalue weighted by Crippen LogP contribution is -2.23. The Bertz CT molecular complexity index is 436. The molecular formula is C12H16ClN3O. The molecule has 5 heteroatoms. The molecule has 1 heterocycles. The molecule has 1 aliphatic carbocycles. The van der Waals surface area contributed by atoms with E-state index in [4.69, 9.17) is 17.3 Å². The molecule has 0 saturated heterocycles. The minimum atomic E-state index is 0.0287. The Balaban J connectivity index is 2.00. The normalized spacial score (nSPS) is 23.7. The SMILES string of the molecule is Cc1cc(NC(=O)C2CCC(N)C2)cnc1Cl. The van der Waals surface area contributed by atoms with Gasteiger partial charge in [-0.05, 0) is 37.8 Å². The van der Waals surface area contributed by atoms with Gasteiger partial charge < -0.3 is 11.1 Å². The van der Waals surface area contributed by atoms with Crippen LogP contribution in [0.15, 0.2) is 12.3 Å². The van der Waals surface area contributed by atoms with E-state index in [1.807, 2.05) is 13.0 Å². The summed E-state index contributed by atoms with van der Waals surface area (Å²) >= 11 is 5.82. The highest BCUT2D eigenvalue weighted by Crippen LogP contribution is 2.25. The Kier molecular flexibility index (Phi) is 3.64. The number of hydrogen-bond acceptors (Lipinski definition) is 3. The summed E-state index contributed by atoms with van der Waals surface area (Å²) in [6.45, 7) is 1.86. The van der Waals surface area contributed by atoms with Crippen LogP contribution in [0.3, 0.4) is 0 Å². The number of nitrogens with one attached hydrogen (secondary N) is 1. The van der Waals surface area contributed by atoms with E-state index >= 15 is 0 Å². The first-order chi connectivity index (χ1) is 8.06. The van der Waals surface area contributed by atoms with Crippen LogP contribution in [-0.2, 0) is 4.79 Å². The molecule has 0 aromatic carbocycles. The van der Waals surface area contributed by atoms with E-state index in [-0.39, 0.29) is 17.9 Å². The molecular weight excluding hydrogens is 238 g/mol. The number of amides is 1. The minimum absolute atomic E-state index is 0.0287. The molecule has 4 nitrogen and oxygen atoms in total. The van der Waals surface area contributed by atoms with Crippen molar-refractivity contribution in [1.29, 1.82) is 0 Å². The van der Waals surface area contributed by atoms with Crippen LogP contribution < -0.4 is 11.1 Å². The zero-order valence-corrected chi connectivity index (χ0v) is 10.5. The number of rotatable bonds is 2. The van der Waals surface area contributed by atoms with Gasteiger partial charge in [0.05, 0.1) is 11.9 Å². The van der Waals surface area contributed by atoms with E-state index in [0.717, 1.165) is 24.8 Å². The minimum Gasteiger partial charge on any atom is -0.328 e. The van der Waals surface area contributed by atoms with E-state index in [9.17, 15) is 4.79 Å². The largest absolute Gasteiger partial charge is 0.328 e. The Labute approximate surface area is 106 Å². The second-order valence-corrected chi connectivity index (χ2v) is 4.95. The van der Waals surface area contributed by atoms with Crippen LogP contribution in [0.25, 0.3) is 0 Å². The van der Waals surface area contributed by atoms with E-state index in [2.05, 4.69) is 10.3 Å². The van der Waals surface area contributed by atoms with Crippen molar-refractivity contribution in [3.63, 3.8) is 0 Å². The van der Waals surface area contributed by atoms with E-state index in [0.29, 0.717) is 10.8 Å². The third kappa shape index (κ3) is 2.96. The summed E-state index contributed by atoms with van der Waals surface area (Å²) in [6.07, 6.45) is 4.14. The Morgan fingerprint density at radius 1 is 1.59 bits per heavy atom. The Morgan fingerprint density at radius 3 is 2.94 bits per heavy atom. The second-order valence-electron chi connectivity index (χ2n) is 4.59. The average molecular weight is 254 g/mol. The number of anilines is 1. The molecule has 0 radical (unpaired) electrons. The first kappa shape index (κ1) is 12.3. The fourth-order valence-electron chi connectivity index (χ4n) is 2.13. The zero-order valence-electron chi connectivity index (χ0n) is 9.74. The van der Waals surface area contributed by atoms with Gasteiger partial charge >= 0.3 is 0 Å². The van der Waals surface area contributed by atoms with Gasteiger partial charge in [-0.3, -0.25) is 4.79 Å². The maximum absolute atomic E-state index is 11.9. The number of carbonyl (C=O) groups excluding carboxylic acids is 1. The highest BCUT2D eigenvalue weighted by Gasteiger charge is 2.27.